The van der Waals surface area contributed by atoms with E-state index in [1.807, 2.05) is 11.3 Å². The summed E-state index contributed by atoms with van der Waals surface area (Å²) < 4.78 is 0. The highest BCUT2D eigenvalue weighted by molar-refractivity contribution is 7.12. The number of nitrogens with zero attached hydrogens (tertiary/aromatic N) is 1. The average molecular weight is 266 g/mol. The minimum absolute atomic E-state index is 0.286. The van der Waals surface area contributed by atoms with Gasteiger partial charge in [-0.05, 0) is 44.0 Å². The molecule has 18 heavy (non-hydrogen) atoms. The number of nitrogens with one attached hydrogen (secondary N) is 1. The summed E-state index contributed by atoms with van der Waals surface area (Å²) in [4.78, 5) is 5.42. The Labute approximate surface area is 115 Å². The minimum atomic E-state index is 0.286. The molecule has 1 N–H and O–H groups in total. The van der Waals surface area contributed by atoms with Gasteiger partial charge in [-0.1, -0.05) is 20.8 Å². The van der Waals surface area contributed by atoms with Crippen LogP contribution in [0.15, 0.2) is 12.1 Å². The summed E-state index contributed by atoms with van der Waals surface area (Å²) in [6, 6.07) is 5.29. The summed E-state index contributed by atoms with van der Waals surface area (Å²) in [5.74, 6) is 0. The van der Waals surface area contributed by atoms with E-state index in [1.54, 1.807) is 0 Å². The van der Waals surface area contributed by atoms with Crippen molar-refractivity contribution in [1.29, 1.82) is 0 Å². The first-order valence-corrected chi connectivity index (χ1v) is 7.78. The van der Waals surface area contributed by atoms with Crippen molar-refractivity contribution in [2.24, 2.45) is 0 Å². The molecule has 1 aliphatic rings. The third-order valence-electron chi connectivity index (χ3n) is 3.52. The molecule has 2 rings (SSSR count). The van der Waals surface area contributed by atoms with Gasteiger partial charge in [0, 0.05) is 28.9 Å². The maximum atomic E-state index is 3.56. The van der Waals surface area contributed by atoms with Crippen LogP contribution in [-0.2, 0) is 12.0 Å². The molecule has 1 aliphatic heterocycles. The number of hydrogen-bond acceptors (Lipinski definition) is 3. The molecule has 0 saturated carbocycles. The Bertz CT molecular complexity index is 372. The molecule has 1 aromatic rings. The van der Waals surface area contributed by atoms with E-state index < -0.39 is 0 Å². The van der Waals surface area contributed by atoms with Crippen LogP contribution in [0.2, 0.25) is 0 Å². The number of likely N-dealkylation sites (N-methyl/N-ethyl adjacent to an activating group) is 1. The fraction of sp³-hybridized carbons (Fsp3) is 0.733. The summed E-state index contributed by atoms with van der Waals surface area (Å²) in [6.45, 7) is 10.3. The molecule has 1 saturated heterocycles. The van der Waals surface area contributed by atoms with Gasteiger partial charge >= 0.3 is 0 Å². The van der Waals surface area contributed by atoms with Crippen LogP contribution >= 0.6 is 11.3 Å². The van der Waals surface area contributed by atoms with Gasteiger partial charge in [0.2, 0.25) is 0 Å². The molecule has 1 atom stereocenters. The van der Waals surface area contributed by atoms with Crippen molar-refractivity contribution >= 4 is 11.3 Å². The van der Waals surface area contributed by atoms with E-state index in [1.165, 1.54) is 35.7 Å². The highest BCUT2D eigenvalue weighted by atomic mass is 32.1. The Kier molecular flexibility index (Phi) is 4.46. The second-order valence-electron chi connectivity index (χ2n) is 6.51. The van der Waals surface area contributed by atoms with Crippen molar-refractivity contribution in [3.63, 3.8) is 0 Å². The zero-order chi connectivity index (χ0) is 13.2. The zero-order valence-electron chi connectivity index (χ0n) is 12.1. The summed E-state index contributed by atoms with van der Waals surface area (Å²) in [5.41, 5.74) is 0.286. The lowest BCUT2D eigenvalue weighted by Gasteiger charge is -2.20. The van der Waals surface area contributed by atoms with Crippen LogP contribution in [0.3, 0.4) is 0 Å². The van der Waals surface area contributed by atoms with Crippen molar-refractivity contribution in [3.05, 3.63) is 21.9 Å². The van der Waals surface area contributed by atoms with Gasteiger partial charge in [-0.3, -0.25) is 4.90 Å². The largest absolute Gasteiger partial charge is 0.313 e. The lowest BCUT2D eigenvalue weighted by molar-refractivity contribution is 0.295. The van der Waals surface area contributed by atoms with Gasteiger partial charge in [0.05, 0.1) is 0 Å². The molecular formula is C15H26N2S. The SMILES string of the molecule is CN(Cc1ccc(C(C)(C)C)s1)CC1CCCN1. The standard InChI is InChI=1S/C15H26N2S/c1-15(2,3)14-8-7-13(18-14)11-17(4)10-12-6-5-9-16-12/h7-8,12,16H,5-6,9-11H2,1-4H3. The van der Waals surface area contributed by atoms with Crippen molar-refractivity contribution in [2.75, 3.05) is 20.1 Å². The molecule has 0 amide bonds. The first-order chi connectivity index (χ1) is 8.45. The maximum Gasteiger partial charge on any atom is 0.0325 e. The Balaban J connectivity index is 1.86. The molecule has 2 heterocycles. The number of hydrogen-bond donors (Lipinski definition) is 1. The fourth-order valence-electron chi connectivity index (χ4n) is 2.49. The van der Waals surface area contributed by atoms with Gasteiger partial charge in [0.1, 0.15) is 0 Å². The van der Waals surface area contributed by atoms with Gasteiger partial charge in [-0.2, -0.15) is 0 Å². The van der Waals surface area contributed by atoms with Gasteiger partial charge in [0.25, 0.3) is 0 Å². The fourth-order valence-corrected chi connectivity index (χ4v) is 3.63. The first kappa shape index (κ1) is 14.0. The van der Waals surface area contributed by atoms with Crippen molar-refractivity contribution in [1.82, 2.24) is 10.2 Å². The topological polar surface area (TPSA) is 15.3 Å². The number of rotatable bonds is 4. The molecule has 1 unspecified atom stereocenters. The monoisotopic (exact) mass is 266 g/mol. The van der Waals surface area contributed by atoms with Crippen LogP contribution in [0.4, 0.5) is 0 Å². The molecule has 0 radical (unpaired) electrons. The van der Waals surface area contributed by atoms with Gasteiger partial charge in [-0.15, -0.1) is 11.3 Å². The molecule has 0 spiro atoms. The van der Waals surface area contributed by atoms with E-state index in [9.17, 15) is 0 Å². The Morgan fingerprint density at radius 1 is 1.39 bits per heavy atom. The van der Waals surface area contributed by atoms with Crippen LogP contribution in [0.5, 0.6) is 0 Å². The molecule has 0 aliphatic carbocycles. The van der Waals surface area contributed by atoms with Crippen LogP contribution in [0.25, 0.3) is 0 Å². The van der Waals surface area contributed by atoms with Crippen LogP contribution in [0.1, 0.15) is 43.4 Å². The molecular weight excluding hydrogens is 240 g/mol. The van der Waals surface area contributed by atoms with Crippen LogP contribution in [-0.4, -0.2) is 31.1 Å². The predicted octanol–water partition coefficient (Wildman–Crippen LogP) is 3.23. The molecule has 0 bridgehead atoms. The van der Waals surface area contributed by atoms with E-state index in [-0.39, 0.29) is 5.41 Å². The average Bonchev–Trinajstić information content (AvgIpc) is 2.87. The third-order valence-corrected chi connectivity index (χ3v) is 5.02. The van der Waals surface area contributed by atoms with Crippen molar-refractivity contribution in [3.8, 4) is 0 Å². The van der Waals surface area contributed by atoms with E-state index in [4.69, 9.17) is 0 Å². The molecule has 0 aromatic carbocycles. The minimum Gasteiger partial charge on any atom is -0.313 e. The second kappa shape index (κ2) is 5.72. The molecule has 1 fully saturated rings. The summed E-state index contributed by atoms with van der Waals surface area (Å²) >= 11 is 1.96. The number of thiophene rings is 1. The van der Waals surface area contributed by atoms with Crippen LogP contribution in [0, 0.1) is 0 Å². The van der Waals surface area contributed by atoms with E-state index in [0.29, 0.717) is 6.04 Å². The normalized spacial score (nSPS) is 20.8. The highest BCUT2D eigenvalue weighted by Gasteiger charge is 2.18. The first-order valence-electron chi connectivity index (χ1n) is 6.96. The van der Waals surface area contributed by atoms with Crippen LogP contribution < -0.4 is 5.32 Å². The maximum absolute atomic E-state index is 3.56. The predicted molar refractivity (Wildman–Crippen MR) is 80.4 cm³/mol. The Morgan fingerprint density at radius 3 is 2.72 bits per heavy atom. The highest BCUT2D eigenvalue weighted by Crippen LogP contribution is 2.29. The second-order valence-corrected chi connectivity index (χ2v) is 7.67. The molecule has 2 nitrogen and oxygen atoms in total. The smallest absolute Gasteiger partial charge is 0.0325 e. The van der Waals surface area contributed by atoms with Gasteiger partial charge in [0.15, 0.2) is 0 Å². The summed E-state index contributed by atoms with van der Waals surface area (Å²) in [7, 11) is 2.23. The van der Waals surface area contributed by atoms with Gasteiger partial charge in [-0.25, -0.2) is 0 Å². The molecule has 1 aromatic heterocycles. The van der Waals surface area contributed by atoms with E-state index >= 15 is 0 Å². The quantitative estimate of drug-likeness (QED) is 0.900. The molecule has 102 valence electrons. The Morgan fingerprint density at radius 2 is 2.17 bits per heavy atom. The van der Waals surface area contributed by atoms with E-state index in [0.717, 1.165) is 6.54 Å². The third kappa shape index (κ3) is 3.81. The molecule has 3 heteroatoms. The summed E-state index contributed by atoms with van der Waals surface area (Å²) in [6.07, 6.45) is 2.67. The lowest BCUT2D eigenvalue weighted by Crippen LogP contribution is -2.34. The summed E-state index contributed by atoms with van der Waals surface area (Å²) in [5, 5.41) is 3.56. The van der Waals surface area contributed by atoms with Crippen molar-refractivity contribution in [2.45, 2.75) is 51.6 Å². The van der Waals surface area contributed by atoms with Gasteiger partial charge < -0.3 is 5.32 Å². The Hall–Kier alpha value is -0.380. The zero-order valence-corrected chi connectivity index (χ0v) is 12.9. The van der Waals surface area contributed by atoms with E-state index in [2.05, 4.69) is 50.2 Å². The van der Waals surface area contributed by atoms with Crippen molar-refractivity contribution < 1.29 is 0 Å². The lowest BCUT2D eigenvalue weighted by atomic mass is 9.95.